The van der Waals surface area contributed by atoms with Crippen LogP contribution >= 0.6 is 0 Å². The third-order valence-corrected chi connectivity index (χ3v) is 5.48. The number of anilines is 2. The molecule has 2 aromatic rings. The summed E-state index contributed by atoms with van der Waals surface area (Å²) in [6.07, 6.45) is 0. The summed E-state index contributed by atoms with van der Waals surface area (Å²) in [5.74, 6) is -5.21. The molecule has 1 saturated heterocycles. The number of nitrogens with one attached hydrogen (secondary N) is 1. The Kier molecular flexibility index (Phi) is 5.47. The standard InChI is InChI=1S/C17H15F3N2O5S/c18-12-7-10(1-2-11(12)17(23)24)28(25,26)21-15-8-13(19)14(20)9-16(15)22-3-5-27-6-4-22/h1-2,7-9,21H,3-6H2,(H,23,24). The monoisotopic (exact) mass is 416 g/mol. The highest BCUT2D eigenvalue weighted by atomic mass is 32.2. The van der Waals surface area contributed by atoms with Crippen LogP contribution in [-0.2, 0) is 14.8 Å². The predicted molar refractivity (Wildman–Crippen MR) is 93.6 cm³/mol. The van der Waals surface area contributed by atoms with Crippen molar-refractivity contribution in [3.05, 3.63) is 53.3 Å². The molecule has 0 aliphatic carbocycles. The zero-order valence-corrected chi connectivity index (χ0v) is 15.1. The van der Waals surface area contributed by atoms with Crippen LogP contribution in [0.5, 0.6) is 0 Å². The molecule has 0 saturated carbocycles. The van der Waals surface area contributed by atoms with Crippen LogP contribution in [0.2, 0.25) is 0 Å². The molecule has 0 radical (unpaired) electrons. The molecule has 2 N–H and O–H groups in total. The number of aromatic carboxylic acids is 1. The van der Waals surface area contributed by atoms with Crippen LogP contribution < -0.4 is 9.62 Å². The van der Waals surface area contributed by atoms with Gasteiger partial charge in [-0.3, -0.25) is 4.72 Å². The van der Waals surface area contributed by atoms with E-state index in [0.29, 0.717) is 38.4 Å². The van der Waals surface area contributed by atoms with Crippen LogP contribution in [0.3, 0.4) is 0 Å². The first kappa shape index (κ1) is 20.0. The van der Waals surface area contributed by atoms with Gasteiger partial charge in [0.1, 0.15) is 5.82 Å². The molecule has 1 fully saturated rings. The maximum absolute atomic E-state index is 13.9. The van der Waals surface area contributed by atoms with Crippen LogP contribution in [0.25, 0.3) is 0 Å². The summed E-state index contributed by atoms with van der Waals surface area (Å²) in [5.41, 5.74) is -0.822. The first-order valence-corrected chi connectivity index (χ1v) is 9.55. The van der Waals surface area contributed by atoms with Crippen molar-refractivity contribution >= 4 is 27.4 Å². The molecular formula is C17H15F3N2O5S. The number of hydrogen-bond donors (Lipinski definition) is 2. The maximum atomic E-state index is 13.9. The minimum atomic E-state index is -4.40. The highest BCUT2D eigenvalue weighted by Crippen LogP contribution is 2.31. The first-order chi connectivity index (χ1) is 13.2. The number of nitrogens with zero attached hydrogens (tertiary/aromatic N) is 1. The van der Waals surface area contributed by atoms with Crippen molar-refractivity contribution in [3.63, 3.8) is 0 Å². The van der Waals surface area contributed by atoms with E-state index in [4.69, 9.17) is 9.84 Å². The Bertz CT molecular complexity index is 1020. The van der Waals surface area contributed by atoms with E-state index in [1.807, 2.05) is 0 Å². The van der Waals surface area contributed by atoms with Gasteiger partial charge in [-0.25, -0.2) is 26.4 Å². The van der Waals surface area contributed by atoms with Crippen LogP contribution in [0.4, 0.5) is 24.5 Å². The van der Waals surface area contributed by atoms with E-state index < -0.39 is 43.9 Å². The van der Waals surface area contributed by atoms with Crippen LogP contribution in [0.15, 0.2) is 35.2 Å². The zero-order chi connectivity index (χ0) is 20.5. The van der Waals surface area contributed by atoms with Crippen LogP contribution in [-0.4, -0.2) is 45.8 Å². The molecule has 0 amide bonds. The highest BCUT2D eigenvalue weighted by molar-refractivity contribution is 7.92. The normalized spacial score (nSPS) is 14.8. The SMILES string of the molecule is O=C(O)c1ccc(S(=O)(=O)Nc2cc(F)c(F)cc2N2CCOCC2)cc1F. The lowest BCUT2D eigenvalue weighted by molar-refractivity contribution is 0.0691. The smallest absolute Gasteiger partial charge is 0.338 e. The number of sulfonamides is 1. The fourth-order valence-electron chi connectivity index (χ4n) is 2.72. The summed E-state index contributed by atoms with van der Waals surface area (Å²) in [6.45, 7) is 1.32. The van der Waals surface area contributed by atoms with Crippen molar-refractivity contribution in [2.75, 3.05) is 35.9 Å². The molecule has 0 aromatic heterocycles. The molecule has 28 heavy (non-hydrogen) atoms. The van der Waals surface area contributed by atoms with Gasteiger partial charge in [-0.2, -0.15) is 0 Å². The summed E-state index contributed by atoms with van der Waals surface area (Å²) in [5, 5.41) is 8.83. The lowest BCUT2D eigenvalue weighted by Gasteiger charge is -2.30. The summed E-state index contributed by atoms with van der Waals surface area (Å²) < 4.78 is 73.8. The second-order valence-electron chi connectivity index (χ2n) is 5.94. The van der Waals surface area contributed by atoms with Gasteiger partial charge in [0.25, 0.3) is 10.0 Å². The van der Waals surface area contributed by atoms with E-state index in [9.17, 15) is 26.4 Å². The molecule has 2 aromatic carbocycles. The average Bonchev–Trinajstić information content (AvgIpc) is 2.64. The number of halogens is 3. The van der Waals surface area contributed by atoms with Gasteiger partial charge in [0.05, 0.1) is 35.0 Å². The van der Waals surface area contributed by atoms with Gasteiger partial charge in [-0.1, -0.05) is 0 Å². The maximum Gasteiger partial charge on any atom is 0.338 e. The minimum absolute atomic E-state index is 0.105. The van der Waals surface area contributed by atoms with Gasteiger partial charge >= 0.3 is 5.97 Å². The summed E-state index contributed by atoms with van der Waals surface area (Å²) in [4.78, 5) is 11.9. The van der Waals surface area contributed by atoms with E-state index in [1.54, 1.807) is 4.90 Å². The quantitative estimate of drug-likeness (QED) is 0.778. The molecule has 11 heteroatoms. The van der Waals surface area contributed by atoms with Gasteiger partial charge < -0.3 is 14.7 Å². The Morgan fingerprint density at radius 3 is 2.29 bits per heavy atom. The van der Waals surface area contributed by atoms with Gasteiger partial charge in [0.15, 0.2) is 11.6 Å². The number of carboxylic acids is 1. The van der Waals surface area contributed by atoms with Gasteiger partial charge in [0, 0.05) is 25.2 Å². The Hall–Kier alpha value is -2.79. The predicted octanol–water partition coefficient (Wildman–Crippen LogP) is 2.44. The number of carbonyl (C=O) groups is 1. The topological polar surface area (TPSA) is 95.9 Å². The number of ether oxygens (including phenoxy) is 1. The van der Waals surface area contributed by atoms with Gasteiger partial charge in [-0.15, -0.1) is 0 Å². The molecule has 0 atom stereocenters. The third-order valence-electron chi connectivity index (χ3n) is 4.12. The fraction of sp³-hybridized carbons (Fsp3) is 0.235. The lowest BCUT2D eigenvalue weighted by atomic mass is 10.2. The molecular weight excluding hydrogens is 401 g/mol. The van der Waals surface area contributed by atoms with Gasteiger partial charge in [0.2, 0.25) is 0 Å². The summed E-state index contributed by atoms with van der Waals surface area (Å²) >= 11 is 0. The number of rotatable bonds is 5. The molecule has 0 bridgehead atoms. The average molecular weight is 416 g/mol. The van der Waals surface area contributed by atoms with Crippen LogP contribution in [0, 0.1) is 17.5 Å². The van der Waals surface area contributed by atoms with E-state index in [0.717, 1.165) is 18.2 Å². The van der Waals surface area contributed by atoms with Crippen molar-refractivity contribution in [3.8, 4) is 0 Å². The number of carboxylic acid groups (broad SMARTS) is 1. The molecule has 3 rings (SSSR count). The van der Waals surface area contributed by atoms with E-state index >= 15 is 0 Å². The van der Waals surface area contributed by atoms with E-state index in [2.05, 4.69) is 4.72 Å². The summed E-state index contributed by atoms with van der Waals surface area (Å²) in [6, 6.07) is 3.82. The van der Waals surface area contributed by atoms with Crippen LogP contribution in [0.1, 0.15) is 10.4 Å². The van der Waals surface area contributed by atoms with E-state index in [1.165, 1.54) is 0 Å². The number of hydrogen-bond acceptors (Lipinski definition) is 5. The molecule has 0 unspecified atom stereocenters. The second-order valence-corrected chi connectivity index (χ2v) is 7.62. The minimum Gasteiger partial charge on any atom is -0.478 e. The largest absolute Gasteiger partial charge is 0.478 e. The zero-order valence-electron chi connectivity index (χ0n) is 14.3. The molecule has 7 nitrogen and oxygen atoms in total. The van der Waals surface area contributed by atoms with Crippen molar-refractivity contribution < 1.29 is 36.2 Å². The molecule has 1 aliphatic heterocycles. The van der Waals surface area contributed by atoms with Crippen molar-refractivity contribution in [1.82, 2.24) is 0 Å². The highest BCUT2D eigenvalue weighted by Gasteiger charge is 2.24. The van der Waals surface area contributed by atoms with Crippen molar-refractivity contribution in [2.24, 2.45) is 0 Å². The van der Waals surface area contributed by atoms with Crippen molar-refractivity contribution in [1.29, 1.82) is 0 Å². The summed E-state index contributed by atoms with van der Waals surface area (Å²) in [7, 11) is -4.40. The Labute approximate surface area is 158 Å². The molecule has 0 spiro atoms. The Morgan fingerprint density at radius 2 is 1.68 bits per heavy atom. The Balaban J connectivity index is 1.99. The third kappa shape index (κ3) is 4.04. The fourth-order valence-corrected chi connectivity index (χ4v) is 3.80. The molecule has 1 heterocycles. The second kappa shape index (κ2) is 7.68. The molecule has 1 aliphatic rings. The van der Waals surface area contributed by atoms with Gasteiger partial charge in [-0.05, 0) is 18.2 Å². The molecule has 150 valence electrons. The lowest BCUT2D eigenvalue weighted by Crippen LogP contribution is -2.37. The first-order valence-electron chi connectivity index (χ1n) is 8.06. The number of benzene rings is 2. The number of morpholine rings is 1. The van der Waals surface area contributed by atoms with E-state index in [-0.39, 0.29) is 11.4 Å². The Morgan fingerprint density at radius 1 is 1.04 bits per heavy atom. The van der Waals surface area contributed by atoms with Crippen molar-refractivity contribution in [2.45, 2.75) is 4.90 Å².